The van der Waals surface area contributed by atoms with Gasteiger partial charge in [0.15, 0.2) is 0 Å². The molecule has 0 aliphatic carbocycles. The van der Waals surface area contributed by atoms with Crippen LogP contribution in [0.3, 0.4) is 0 Å². The molecule has 0 unspecified atom stereocenters. The maximum atomic E-state index is 6.25. The predicted molar refractivity (Wildman–Crippen MR) is 60.5 cm³/mol. The molecule has 3 aliphatic rings. The lowest BCUT2D eigenvalue weighted by Gasteiger charge is -2.41. The van der Waals surface area contributed by atoms with E-state index in [4.69, 9.17) is 14.2 Å². The highest BCUT2D eigenvalue weighted by molar-refractivity contribution is 4.84. The van der Waals surface area contributed by atoms with Crippen molar-refractivity contribution in [1.82, 2.24) is 0 Å². The Morgan fingerprint density at radius 3 is 1.62 bits per heavy atom. The maximum absolute atomic E-state index is 6.25. The first kappa shape index (κ1) is 11.0. The third-order valence-electron chi connectivity index (χ3n) is 4.09. The smallest absolute Gasteiger partial charge is 0.0842 e. The highest BCUT2D eigenvalue weighted by Gasteiger charge is 2.35. The molecule has 4 atom stereocenters. The highest BCUT2D eigenvalue weighted by Crippen LogP contribution is 2.31. The molecule has 0 N–H and O–H groups in total. The average molecular weight is 226 g/mol. The maximum Gasteiger partial charge on any atom is 0.0842 e. The van der Waals surface area contributed by atoms with E-state index in [1.165, 1.54) is 19.3 Å². The minimum Gasteiger partial charge on any atom is -0.376 e. The number of fused-ring (bicyclic) bond motifs is 2. The number of hydrogen-bond acceptors (Lipinski definition) is 3. The molecule has 3 rings (SSSR count). The Morgan fingerprint density at radius 2 is 1.06 bits per heavy atom. The van der Waals surface area contributed by atoms with Crippen molar-refractivity contribution in [1.29, 1.82) is 0 Å². The molecule has 0 spiro atoms. The normalized spacial score (nSPS) is 45.0. The zero-order valence-corrected chi connectivity index (χ0v) is 9.90. The third kappa shape index (κ3) is 2.27. The van der Waals surface area contributed by atoms with E-state index in [1.54, 1.807) is 0 Å². The molecule has 0 aromatic heterocycles. The SMILES string of the molecule is C1CO[C@@H]2CCC[C@@H]3OCCC[C@H]3O[C@H]2C1. The van der Waals surface area contributed by atoms with E-state index < -0.39 is 0 Å². The molecule has 0 aromatic rings. The molecule has 3 aliphatic heterocycles. The lowest BCUT2D eigenvalue weighted by molar-refractivity contribution is -0.189. The molecule has 3 heterocycles. The third-order valence-corrected chi connectivity index (χ3v) is 4.09. The summed E-state index contributed by atoms with van der Waals surface area (Å²) >= 11 is 0. The molecule has 16 heavy (non-hydrogen) atoms. The van der Waals surface area contributed by atoms with Gasteiger partial charge in [0.1, 0.15) is 0 Å². The molecule has 0 radical (unpaired) electrons. The number of rotatable bonds is 0. The second-order valence-electron chi connectivity index (χ2n) is 5.25. The largest absolute Gasteiger partial charge is 0.376 e. The van der Waals surface area contributed by atoms with E-state index in [0.717, 1.165) is 38.9 Å². The van der Waals surface area contributed by atoms with Gasteiger partial charge in [0.25, 0.3) is 0 Å². The van der Waals surface area contributed by atoms with Gasteiger partial charge in [-0.2, -0.15) is 0 Å². The molecule has 92 valence electrons. The minimum atomic E-state index is 0.336. The molecule has 0 amide bonds. The van der Waals surface area contributed by atoms with Gasteiger partial charge in [0, 0.05) is 13.2 Å². The van der Waals surface area contributed by atoms with Crippen molar-refractivity contribution in [3.05, 3.63) is 0 Å². The topological polar surface area (TPSA) is 27.7 Å². The zero-order chi connectivity index (χ0) is 10.8. The van der Waals surface area contributed by atoms with E-state index in [1.807, 2.05) is 0 Å². The molecular formula is C13H22O3. The highest BCUT2D eigenvalue weighted by atomic mass is 16.6. The van der Waals surface area contributed by atoms with Crippen LogP contribution in [0.15, 0.2) is 0 Å². The molecule has 0 bridgehead atoms. The Bertz CT molecular complexity index is 209. The predicted octanol–water partition coefficient (Wildman–Crippen LogP) is 2.28. The number of ether oxygens (including phenoxy) is 3. The number of hydrogen-bond donors (Lipinski definition) is 0. The van der Waals surface area contributed by atoms with Crippen LogP contribution in [0.1, 0.15) is 44.9 Å². The molecular weight excluding hydrogens is 204 g/mol. The first-order valence-electron chi connectivity index (χ1n) is 6.82. The fourth-order valence-corrected chi connectivity index (χ4v) is 3.22. The van der Waals surface area contributed by atoms with Gasteiger partial charge in [-0.05, 0) is 44.9 Å². The zero-order valence-electron chi connectivity index (χ0n) is 9.90. The summed E-state index contributed by atoms with van der Waals surface area (Å²) in [7, 11) is 0. The van der Waals surface area contributed by atoms with Gasteiger partial charge in [0.2, 0.25) is 0 Å². The fourth-order valence-electron chi connectivity index (χ4n) is 3.22. The average Bonchev–Trinajstić information content (AvgIpc) is 2.29. The minimum absolute atomic E-state index is 0.336. The quantitative estimate of drug-likeness (QED) is 0.634. The Balaban J connectivity index is 1.67. The summed E-state index contributed by atoms with van der Waals surface area (Å²) in [4.78, 5) is 0. The van der Waals surface area contributed by atoms with Crippen molar-refractivity contribution >= 4 is 0 Å². The van der Waals surface area contributed by atoms with E-state index in [2.05, 4.69) is 0 Å². The van der Waals surface area contributed by atoms with E-state index in [-0.39, 0.29) is 0 Å². The second kappa shape index (κ2) is 5.03. The van der Waals surface area contributed by atoms with Gasteiger partial charge in [-0.15, -0.1) is 0 Å². The first-order valence-corrected chi connectivity index (χ1v) is 6.82. The van der Waals surface area contributed by atoms with Gasteiger partial charge in [-0.1, -0.05) is 0 Å². The van der Waals surface area contributed by atoms with Crippen LogP contribution in [0.2, 0.25) is 0 Å². The second-order valence-corrected chi connectivity index (χ2v) is 5.25. The van der Waals surface area contributed by atoms with Crippen molar-refractivity contribution in [2.45, 2.75) is 69.4 Å². The summed E-state index contributed by atoms with van der Waals surface area (Å²) in [6.45, 7) is 1.85. The van der Waals surface area contributed by atoms with E-state index in [0.29, 0.717) is 24.4 Å². The van der Waals surface area contributed by atoms with Gasteiger partial charge < -0.3 is 14.2 Å². The summed E-state index contributed by atoms with van der Waals surface area (Å²) < 4.78 is 17.9. The summed E-state index contributed by atoms with van der Waals surface area (Å²) in [5.74, 6) is 0. The summed E-state index contributed by atoms with van der Waals surface area (Å²) in [5.41, 5.74) is 0. The summed E-state index contributed by atoms with van der Waals surface area (Å²) in [5, 5.41) is 0. The van der Waals surface area contributed by atoms with Crippen LogP contribution in [-0.2, 0) is 14.2 Å². The Kier molecular flexibility index (Phi) is 3.46. The van der Waals surface area contributed by atoms with Crippen LogP contribution >= 0.6 is 0 Å². The van der Waals surface area contributed by atoms with Crippen LogP contribution in [0.5, 0.6) is 0 Å². The Hall–Kier alpha value is -0.120. The lowest BCUT2D eigenvalue weighted by atomic mass is 9.93. The van der Waals surface area contributed by atoms with Gasteiger partial charge >= 0.3 is 0 Å². The van der Waals surface area contributed by atoms with Crippen LogP contribution in [0.25, 0.3) is 0 Å². The first-order chi connectivity index (χ1) is 7.93. The van der Waals surface area contributed by atoms with Gasteiger partial charge in [-0.25, -0.2) is 0 Å². The van der Waals surface area contributed by atoms with Crippen molar-refractivity contribution < 1.29 is 14.2 Å². The fraction of sp³-hybridized carbons (Fsp3) is 1.00. The van der Waals surface area contributed by atoms with E-state index in [9.17, 15) is 0 Å². The standard InChI is InChI=1S/C13H22O3/c1-4-10-12(6-2-8-14-10)16-13-7-3-9-15-11(13)5-1/h10-13H,1-9H2/t10-,11+,12+,13-. The van der Waals surface area contributed by atoms with Gasteiger partial charge in [-0.3, -0.25) is 0 Å². The summed E-state index contributed by atoms with van der Waals surface area (Å²) in [6.07, 6.45) is 9.57. The molecule has 3 heteroatoms. The molecule has 0 saturated carbocycles. The van der Waals surface area contributed by atoms with Crippen molar-refractivity contribution in [2.24, 2.45) is 0 Å². The van der Waals surface area contributed by atoms with Crippen LogP contribution < -0.4 is 0 Å². The van der Waals surface area contributed by atoms with Crippen LogP contribution in [-0.4, -0.2) is 37.6 Å². The van der Waals surface area contributed by atoms with Crippen molar-refractivity contribution in [3.8, 4) is 0 Å². The Labute approximate surface area is 97.4 Å². The van der Waals surface area contributed by atoms with E-state index >= 15 is 0 Å². The summed E-state index contributed by atoms with van der Waals surface area (Å²) in [6, 6.07) is 0. The molecule has 3 fully saturated rings. The molecule has 0 aromatic carbocycles. The lowest BCUT2D eigenvalue weighted by Crippen LogP contribution is -2.46. The Morgan fingerprint density at radius 1 is 0.562 bits per heavy atom. The molecule has 3 saturated heterocycles. The van der Waals surface area contributed by atoms with Crippen LogP contribution in [0, 0.1) is 0 Å². The van der Waals surface area contributed by atoms with Crippen molar-refractivity contribution in [2.75, 3.05) is 13.2 Å². The van der Waals surface area contributed by atoms with Crippen LogP contribution in [0.4, 0.5) is 0 Å². The monoisotopic (exact) mass is 226 g/mol. The van der Waals surface area contributed by atoms with Gasteiger partial charge in [0.05, 0.1) is 24.4 Å². The van der Waals surface area contributed by atoms with Crippen molar-refractivity contribution in [3.63, 3.8) is 0 Å². The molecule has 3 nitrogen and oxygen atoms in total.